The van der Waals surface area contributed by atoms with Crippen molar-refractivity contribution in [3.8, 4) is 5.40 Å². The summed E-state index contributed by atoms with van der Waals surface area (Å²) in [6.07, 6.45) is 0.213. The highest BCUT2D eigenvalue weighted by Crippen LogP contribution is 2.59. The van der Waals surface area contributed by atoms with Crippen molar-refractivity contribution in [3.05, 3.63) is 0 Å². The van der Waals surface area contributed by atoms with Crippen LogP contribution in [-0.2, 0) is 13.6 Å². The van der Waals surface area contributed by atoms with E-state index < -0.39 is 12.6 Å². The van der Waals surface area contributed by atoms with E-state index in [1.807, 2.05) is 12.3 Å². The van der Waals surface area contributed by atoms with Crippen LogP contribution in [0.3, 0.4) is 0 Å². The summed E-state index contributed by atoms with van der Waals surface area (Å²) in [4.78, 5) is -0.415. The molecule has 6 heteroatoms. The molecular formula is C10H20NO3PS. The van der Waals surface area contributed by atoms with Gasteiger partial charge in [0.1, 0.15) is 10.4 Å². The summed E-state index contributed by atoms with van der Waals surface area (Å²) >= 11 is 0.960. The third-order valence-electron chi connectivity index (χ3n) is 1.61. The summed E-state index contributed by atoms with van der Waals surface area (Å²) in [5.41, 5.74) is 0. The van der Waals surface area contributed by atoms with Crippen molar-refractivity contribution >= 4 is 19.4 Å². The Morgan fingerprint density at radius 2 is 1.69 bits per heavy atom. The van der Waals surface area contributed by atoms with Crippen molar-refractivity contribution in [2.75, 3.05) is 0 Å². The average molecular weight is 265 g/mol. The molecule has 0 heterocycles. The molecule has 0 aromatic carbocycles. The number of hydrogen-bond acceptors (Lipinski definition) is 5. The van der Waals surface area contributed by atoms with Gasteiger partial charge in [-0.2, -0.15) is 5.26 Å². The van der Waals surface area contributed by atoms with E-state index in [1.54, 1.807) is 27.7 Å². The van der Waals surface area contributed by atoms with Crippen molar-refractivity contribution in [2.45, 2.75) is 58.2 Å². The van der Waals surface area contributed by atoms with Crippen LogP contribution < -0.4 is 0 Å². The minimum absolute atomic E-state index is 0.182. The second-order valence-corrected chi connectivity index (χ2v) is 7.38. The smallest absolute Gasteiger partial charge is 0.305 e. The lowest BCUT2D eigenvalue weighted by Crippen LogP contribution is -2.15. The molecule has 4 nitrogen and oxygen atoms in total. The Bertz CT molecular complexity index is 274. The second-order valence-electron chi connectivity index (χ2n) is 3.92. The van der Waals surface area contributed by atoms with Crippen LogP contribution in [0.15, 0.2) is 0 Å². The van der Waals surface area contributed by atoms with E-state index >= 15 is 0 Å². The monoisotopic (exact) mass is 265 g/mol. The maximum absolute atomic E-state index is 12.5. The first-order valence-electron chi connectivity index (χ1n) is 5.37. The topological polar surface area (TPSA) is 59.3 Å². The SMILES string of the molecule is CC[C@H](SC#N)P(=O)(OC(C)C)OC(C)C. The van der Waals surface area contributed by atoms with Crippen LogP contribution in [0.25, 0.3) is 0 Å². The number of hydrogen-bond donors (Lipinski definition) is 0. The zero-order chi connectivity index (χ0) is 12.8. The Morgan fingerprint density at radius 3 is 1.94 bits per heavy atom. The lowest BCUT2D eigenvalue weighted by Gasteiger charge is -2.27. The Kier molecular flexibility index (Phi) is 7.34. The molecule has 94 valence electrons. The van der Waals surface area contributed by atoms with Crippen molar-refractivity contribution in [1.82, 2.24) is 0 Å². The molecule has 0 aliphatic rings. The minimum Gasteiger partial charge on any atom is -0.305 e. The Morgan fingerprint density at radius 1 is 1.25 bits per heavy atom. The van der Waals surface area contributed by atoms with Gasteiger partial charge in [0.15, 0.2) is 0 Å². The molecule has 0 aromatic rings. The largest absolute Gasteiger partial charge is 0.345 e. The Labute approximate surface area is 102 Å². The fraction of sp³-hybridized carbons (Fsp3) is 0.900. The highest BCUT2D eigenvalue weighted by molar-refractivity contribution is 8.09. The van der Waals surface area contributed by atoms with Crippen LogP contribution in [0.2, 0.25) is 0 Å². The van der Waals surface area contributed by atoms with E-state index in [1.165, 1.54) is 0 Å². The number of nitriles is 1. The lowest BCUT2D eigenvalue weighted by molar-refractivity contribution is 0.141. The van der Waals surface area contributed by atoms with Gasteiger partial charge in [0.25, 0.3) is 0 Å². The van der Waals surface area contributed by atoms with Crippen LogP contribution in [-0.4, -0.2) is 17.2 Å². The van der Waals surface area contributed by atoms with Gasteiger partial charge < -0.3 is 9.05 Å². The van der Waals surface area contributed by atoms with Crippen molar-refractivity contribution in [3.63, 3.8) is 0 Å². The predicted octanol–water partition coefficient (Wildman–Crippen LogP) is 3.98. The molecule has 0 rings (SSSR count). The van der Waals surface area contributed by atoms with Crippen LogP contribution >= 0.6 is 19.4 Å². The van der Waals surface area contributed by atoms with Gasteiger partial charge in [-0.05, 0) is 45.9 Å². The summed E-state index contributed by atoms with van der Waals surface area (Å²) in [7, 11) is -3.22. The Balaban J connectivity index is 4.89. The fourth-order valence-corrected chi connectivity index (χ4v) is 4.37. The van der Waals surface area contributed by atoms with Gasteiger partial charge in [0.2, 0.25) is 0 Å². The molecule has 0 aliphatic carbocycles. The quantitative estimate of drug-likeness (QED) is 0.514. The van der Waals surface area contributed by atoms with Gasteiger partial charge in [-0.1, -0.05) is 6.92 Å². The van der Waals surface area contributed by atoms with Gasteiger partial charge in [-0.3, -0.25) is 4.57 Å². The maximum atomic E-state index is 12.5. The molecule has 0 fully saturated rings. The molecule has 0 radical (unpaired) electrons. The molecule has 16 heavy (non-hydrogen) atoms. The summed E-state index contributed by atoms with van der Waals surface area (Å²) < 4.78 is 23.4. The van der Waals surface area contributed by atoms with E-state index in [0.717, 1.165) is 11.8 Å². The summed E-state index contributed by atoms with van der Waals surface area (Å²) in [6.45, 7) is 9.09. The average Bonchev–Trinajstić information content (AvgIpc) is 2.10. The number of rotatable bonds is 7. The molecule has 0 aromatic heterocycles. The first-order valence-corrected chi connectivity index (χ1v) is 7.86. The fourth-order valence-electron chi connectivity index (χ4n) is 1.18. The standard InChI is InChI=1S/C10H20NO3PS/c1-6-10(16-7-11)15(12,13-8(2)3)14-9(4)5/h8-10H,6H2,1-5H3/t10-/m0/s1. The van der Waals surface area contributed by atoms with Gasteiger partial charge in [-0.15, -0.1) is 0 Å². The highest BCUT2D eigenvalue weighted by Gasteiger charge is 2.37. The highest BCUT2D eigenvalue weighted by atomic mass is 32.2. The van der Waals surface area contributed by atoms with Crippen LogP contribution in [0, 0.1) is 10.7 Å². The third kappa shape index (κ3) is 5.36. The van der Waals surface area contributed by atoms with Crippen molar-refractivity contribution < 1.29 is 13.6 Å². The predicted molar refractivity (Wildman–Crippen MR) is 67.3 cm³/mol. The molecule has 0 saturated carbocycles. The Hall–Kier alpha value is -0.0100. The molecule has 0 unspecified atom stereocenters. The first kappa shape index (κ1) is 16.0. The molecule has 0 amide bonds. The molecular weight excluding hydrogens is 245 g/mol. The lowest BCUT2D eigenvalue weighted by atomic mass is 10.5. The number of nitrogens with zero attached hydrogens (tertiary/aromatic N) is 1. The summed E-state index contributed by atoms with van der Waals surface area (Å²) in [6, 6.07) is 0. The van der Waals surface area contributed by atoms with E-state index in [0.29, 0.717) is 6.42 Å². The molecule has 0 spiro atoms. The molecule has 0 bridgehead atoms. The van der Waals surface area contributed by atoms with Crippen LogP contribution in [0.1, 0.15) is 41.0 Å². The molecule has 0 aliphatic heterocycles. The van der Waals surface area contributed by atoms with Crippen LogP contribution in [0.5, 0.6) is 0 Å². The van der Waals surface area contributed by atoms with Gasteiger partial charge >= 0.3 is 7.60 Å². The molecule has 1 atom stereocenters. The van der Waals surface area contributed by atoms with Crippen LogP contribution in [0.4, 0.5) is 0 Å². The van der Waals surface area contributed by atoms with E-state index in [2.05, 4.69) is 0 Å². The van der Waals surface area contributed by atoms with Gasteiger partial charge in [-0.25, -0.2) is 0 Å². The zero-order valence-corrected chi connectivity index (χ0v) is 12.2. The maximum Gasteiger partial charge on any atom is 0.345 e. The third-order valence-corrected chi connectivity index (χ3v) is 5.91. The number of thioether (sulfide) groups is 1. The van der Waals surface area contributed by atoms with Crippen molar-refractivity contribution in [1.29, 1.82) is 5.26 Å². The number of thiocyanates is 1. The van der Waals surface area contributed by atoms with Crippen molar-refractivity contribution in [2.24, 2.45) is 0 Å². The molecule has 0 N–H and O–H groups in total. The molecule has 0 saturated heterocycles. The summed E-state index contributed by atoms with van der Waals surface area (Å²) in [5.74, 6) is 0. The van der Waals surface area contributed by atoms with Gasteiger partial charge in [0.05, 0.1) is 12.2 Å². The van der Waals surface area contributed by atoms with E-state index in [4.69, 9.17) is 14.3 Å². The summed E-state index contributed by atoms with van der Waals surface area (Å²) in [5, 5.41) is 10.6. The normalized spacial score (nSPS) is 14.1. The van der Waals surface area contributed by atoms with Gasteiger partial charge in [0, 0.05) is 0 Å². The van der Waals surface area contributed by atoms with E-state index in [-0.39, 0.29) is 12.2 Å². The zero-order valence-electron chi connectivity index (χ0n) is 10.5. The first-order chi connectivity index (χ1) is 7.35. The van der Waals surface area contributed by atoms with E-state index in [9.17, 15) is 4.57 Å². The minimum atomic E-state index is -3.22. The second kappa shape index (κ2) is 7.34.